The van der Waals surface area contributed by atoms with Gasteiger partial charge in [0.05, 0.1) is 24.8 Å². The first-order chi connectivity index (χ1) is 12.1. The minimum atomic E-state index is -0.698. The number of benzene rings is 1. The maximum Gasteiger partial charge on any atom is 0.437 e. The van der Waals surface area contributed by atoms with Crippen LogP contribution in [0.5, 0.6) is 11.5 Å². The predicted octanol–water partition coefficient (Wildman–Crippen LogP) is 2.22. The van der Waals surface area contributed by atoms with E-state index < -0.39 is 11.7 Å². The predicted molar refractivity (Wildman–Crippen MR) is 92.3 cm³/mol. The molecule has 9 heteroatoms. The number of nitrogens with one attached hydrogen (secondary N) is 1. The topological polar surface area (TPSA) is 95.6 Å². The Morgan fingerprint density at radius 3 is 2.84 bits per heavy atom. The zero-order valence-electron chi connectivity index (χ0n) is 13.5. The van der Waals surface area contributed by atoms with E-state index in [1.807, 2.05) is 11.4 Å². The number of aromatic nitrogens is 2. The van der Waals surface area contributed by atoms with Crippen LogP contribution in [0, 0.1) is 0 Å². The number of thiophene rings is 1. The van der Waals surface area contributed by atoms with Crippen molar-refractivity contribution in [3.63, 3.8) is 0 Å². The van der Waals surface area contributed by atoms with Crippen LogP contribution < -0.4 is 20.5 Å². The van der Waals surface area contributed by atoms with E-state index in [2.05, 4.69) is 10.4 Å². The van der Waals surface area contributed by atoms with Crippen LogP contribution in [0.25, 0.3) is 10.8 Å². The molecule has 2 heterocycles. The van der Waals surface area contributed by atoms with Crippen LogP contribution in [-0.2, 0) is 11.3 Å². The van der Waals surface area contributed by atoms with E-state index >= 15 is 0 Å². The van der Waals surface area contributed by atoms with Crippen LogP contribution in [0.4, 0.5) is 5.69 Å². The van der Waals surface area contributed by atoms with Crippen molar-refractivity contribution in [1.82, 2.24) is 9.78 Å². The summed E-state index contributed by atoms with van der Waals surface area (Å²) in [6.07, 6.45) is 0. The Kier molecular flexibility index (Phi) is 4.85. The SMILES string of the molecule is COc1ccc(OC)c(NC(=O)Cn2nc(-c3cccs3)oc2=O)c1. The van der Waals surface area contributed by atoms with Crippen molar-refractivity contribution in [2.45, 2.75) is 6.54 Å². The van der Waals surface area contributed by atoms with E-state index in [9.17, 15) is 9.59 Å². The average molecular weight is 361 g/mol. The van der Waals surface area contributed by atoms with Crippen LogP contribution >= 0.6 is 11.3 Å². The molecule has 0 saturated carbocycles. The van der Waals surface area contributed by atoms with Gasteiger partial charge in [0.25, 0.3) is 5.89 Å². The van der Waals surface area contributed by atoms with E-state index in [-0.39, 0.29) is 12.4 Å². The summed E-state index contributed by atoms with van der Waals surface area (Å²) >= 11 is 1.39. The molecule has 0 aliphatic rings. The van der Waals surface area contributed by atoms with Gasteiger partial charge in [0.2, 0.25) is 5.91 Å². The molecule has 0 aliphatic heterocycles. The van der Waals surface area contributed by atoms with Gasteiger partial charge in [0.15, 0.2) is 0 Å². The summed E-state index contributed by atoms with van der Waals surface area (Å²) in [6, 6.07) is 8.61. The van der Waals surface area contributed by atoms with Gasteiger partial charge in [-0.15, -0.1) is 16.4 Å². The third kappa shape index (κ3) is 3.72. The van der Waals surface area contributed by atoms with Gasteiger partial charge in [-0.3, -0.25) is 4.79 Å². The molecule has 1 N–H and O–H groups in total. The summed E-state index contributed by atoms with van der Waals surface area (Å²) in [4.78, 5) is 24.8. The van der Waals surface area contributed by atoms with Gasteiger partial charge < -0.3 is 19.2 Å². The fourth-order valence-electron chi connectivity index (χ4n) is 2.14. The minimum absolute atomic E-state index is 0.187. The van der Waals surface area contributed by atoms with Gasteiger partial charge in [-0.2, -0.15) is 4.68 Å². The standard InChI is InChI=1S/C16H15N3O5S/c1-22-10-5-6-12(23-2)11(8-10)17-14(20)9-19-16(21)24-15(18-19)13-4-3-7-25-13/h3-8H,9H2,1-2H3,(H,17,20). The summed E-state index contributed by atoms with van der Waals surface area (Å²) in [5.41, 5.74) is 0.432. The molecule has 0 saturated heterocycles. The van der Waals surface area contributed by atoms with Gasteiger partial charge >= 0.3 is 5.76 Å². The summed E-state index contributed by atoms with van der Waals surface area (Å²) < 4.78 is 16.4. The second kappa shape index (κ2) is 7.22. The first-order valence-corrected chi connectivity index (χ1v) is 8.12. The monoisotopic (exact) mass is 361 g/mol. The number of carbonyl (C=O) groups excluding carboxylic acids is 1. The Hall–Kier alpha value is -3.07. The lowest BCUT2D eigenvalue weighted by Crippen LogP contribution is -2.26. The van der Waals surface area contributed by atoms with Crippen LogP contribution in [-0.4, -0.2) is 29.9 Å². The Morgan fingerprint density at radius 2 is 2.16 bits per heavy atom. The third-order valence-corrected chi connectivity index (χ3v) is 4.17. The van der Waals surface area contributed by atoms with E-state index in [0.717, 1.165) is 4.68 Å². The number of methoxy groups -OCH3 is 2. The number of ether oxygens (including phenoxy) is 2. The summed E-state index contributed by atoms with van der Waals surface area (Å²) in [6.45, 7) is -0.284. The van der Waals surface area contributed by atoms with Crippen molar-refractivity contribution in [3.05, 3.63) is 46.3 Å². The Labute approximate surface area is 146 Å². The number of nitrogens with zero attached hydrogens (tertiary/aromatic N) is 2. The molecule has 1 amide bonds. The van der Waals surface area contributed by atoms with E-state index in [4.69, 9.17) is 13.9 Å². The first kappa shape index (κ1) is 16.8. The number of anilines is 1. The molecule has 130 valence electrons. The van der Waals surface area contributed by atoms with Crippen molar-refractivity contribution >= 4 is 22.9 Å². The van der Waals surface area contributed by atoms with Gasteiger partial charge in [0.1, 0.15) is 18.0 Å². The highest BCUT2D eigenvalue weighted by atomic mass is 32.1. The van der Waals surface area contributed by atoms with E-state index in [0.29, 0.717) is 22.1 Å². The Balaban J connectivity index is 1.76. The molecule has 8 nitrogen and oxygen atoms in total. The molecule has 0 atom stereocenters. The lowest BCUT2D eigenvalue weighted by molar-refractivity contribution is -0.117. The Bertz CT molecular complexity index is 930. The Morgan fingerprint density at radius 1 is 1.32 bits per heavy atom. The van der Waals surface area contributed by atoms with Gasteiger partial charge in [-0.05, 0) is 23.6 Å². The summed E-state index contributed by atoms with van der Waals surface area (Å²) in [5, 5.41) is 8.56. The van der Waals surface area contributed by atoms with Gasteiger partial charge in [0, 0.05) is 6.07 Å². The molecule has 0 unspecified atom stereocenters. The highest BCUT2D eigenvalue weighted by Gasteiger charge is 2.15. The van der Waals surface area contributed by atoms with Crippen molar-refractivity contribution in [2.75, 3.05) is 19.5 Å². The number of rotatable bonds is 6. The van der Waals surface area contributed by atoms with Gasteiger partial charge in [-0.25, -0.2) is 4.79 Å². The van der Waals surface area contributed by atoms with Crippen molar-refractivity contribution in [2.24, 2.45) is 0 Å². The molecular weight excluding hydrogens is 346 g/mol. The molecule has 1 aromatic carbocycles. The van der Waals surface area contributed by atoms with Crippen LogP contribution in [0.15, 0.2) is 44.9 Å². The quantitative estimate of drug-likeness (QED) is 0.723. The molecule has 2 aromatic heterocycles. The zero-order valence-corrected chi connectivity index (χ0v) is 14.3. The number of carbonyl (C=O) groups is 1. The van der Waals surface area contributed by atoms with Crippen LogP contribution in [0.2, 0.25) is 0 Å². The lowest BCUT2D eigenvalue weighted by Gasteiger charge is -2.11. The molecule has 25 heavy (non-hydrogen) atoms. The van der Waals surface area contributed by atoms with Crippen molar-refractivity contribution < 1.29 is 18.7 Å². The molecule has 3 rings (SSSR count). The normalized spacial score (nSPS) is 10.5. The summed E-state index contributed by atoms with van der Waals surface area (Å²) in [7, 11) is 3.02. The molecule has 0 aliphatic carbocycles. The first-order valence-electron chi connectivity index (χ1n) is 7.24. The fraction of sp³-hybridized carbons (Fsp3) is 0.188. The van der Waals surface area contributed by atoms with Crippen LogP contribution in [0.3, 0.4) is 0 Å². The minimum Gasteiger partial charge on any atom is -0.497 e. The second-order valence-electron chi connectivity index (χ2n) is 4.92. The average Bonchev–Trinajstić information content (AvgIpc) is 3.25. The van der Waals surface area contributed by atoms with Crippen LogP contribution in [0.1, 0.15) is 0 Å². The maximum absolute atomic E-state index is 12.3. The molecule has 3 aromatic rings. The third-order valence-electron chi connectivity index (χ3n) is 3.31. The second-order valence-corrected chi connectivity index (χ2v) is 5.87. The summed E-state index contributed by atoms with van der Waals surface area (Å²) in [5.74, 6) is 0.0817. The smallest absolute Gasteiger partial charge is 0.437 e. The van der Waals surface area contributed by atoms with Gasteiger partial charge in [-0.1, -0.05) is 6.07 Å². The van der Waals surface area contributed by atoms with Crippen molar-refractivity contribution in [3.8, 4) is 22.3 Å². The van der Waals surface area contributed by atoms with Crippen molar-refractivity contribution in [1.29, 1.82) is 0 Å². The number of hydrogen-bond donors (Lipinski definition) is 1. The molecule has 0 spiro atoms. The molecule has 0 radical (unpaired) electrons. The zero-order chi connectivity index (χ0) is 17.8. The highest BCUT2D eigenvalue weighted by molar-refractivity contribution is 7.13. The molecular formula is C16H15N3O5S. The number of hydrogen-bond acceptors (Lipinski definition) is 7. The number of amides is 1. The van der Waals surface area contributed by atoms with E-state index in [1.54, 1.807) is 24.3 Å². The fourth-order valence-corrected chi connectivity index (χ4v) is 2.79. The largest absolute Gasteiger partial charge is 0.497 e. The molecule has 0 bridgehead atoms. The maximum atomic E-state index is 12.3. The lowest BCUT2D eigenvalue weighted by atomic mass is 10.2. The molecule has 0 fully saturated rings. The highest BCUT2D eigenvalue weighted by Crippen LogP contribution is 2.28. The van der Waals surface area contributed by atoms with E-state index in [1.165, 1.54) is 25.6 Å².